The van der Waals surface area contributed by atoms with Gasteiger partial charge < -0.3 is 45.1 Å². The van der Waals surface area contributed by atoms with Crippen LogP contribution in [0.5, 0.6) is 0 Å². The van der Waals surface area contributed by atoms with Crippen molar-refractivity contribution in [1.29, 1.82) is 0 Å². The molecule has 0 saturated carbocycles. The molecule has 1 heterocycles. The van der Waals surface area contributed by atoms with E-state index in [0.29, 0.717) is 19.3 Å². The van der Waals surface area contributed by atoms with Crippen LogP contribution < -0.4 is 5.32 Å². The Labute approximate surface area is 423 Å². The molecule has 0 aromatic carbocycles. The minimum Gasteiger partial charge on any atom is -0.454 e. The van der Waals surface area contributed by atoms with Crippen LogP contribution in [0.15, 0.2) is 12.2 Å². The zero-order chi connectivity index (χ0) is 50.4. The SMILES string of the molecule is CCCCCCCCCCC/C=C/C(O)C(COC1OC(CO)C(O)C(O)C1OC(=O)CCCCCCCCCCCCCCCCCCC)NC(=O)C(O)CCCCCCCCCCCCCC. The van der Waals surface area contributed by atoms with Crippen molar-refractivity contribution in [3.63, 3.8) is 0 Å². The molecule has 8 atom stereocenters. The molecule has 6 N–H and O–H groups in total. The number of hydrogen-bond acceptors (Lipinski definition) is 10. The Morgan fingerprint density at radius 3 is 1.36 bits per heavy atom. The second kappa shape index (κ2) is 47.4. The second-order valence-electron chi connectivity index (χ2n) is 20.7. The number of aliphatic hydroxyl groups is 5. The number of hydrogen-bond donors (Lipinski definition) is 6. The predicted octanol–water partition coefficient (Wildman–Crippen LogP) is 13.2. The molecule has 1 aliphatic heterocycles. The fourth-order valence-corrected chi connectivity index (χ4v) is 9.48. The monoisotopic (exact) mass is 982 g/mol. The van der Waals surface area contributed by atoms with E-state index in [4.69, 9.17) is 14.2 Å². The van der Waals surface area contributed by atoms with Gasteiger partial charge in [0.1, 0.15) is 24.4 Å². The standard InChI is InChI=1S/C58H111NO10/c1-4-7-10-13-16-19-22-24-25-26-27-28-31-34-37-40-43-46-53(63)69-56-55(65)54(64)52(47-60)68-58(56)67-48-49(50(61)44-41-38-35-32-29-21-18-15-12-9-6-3)59-57(66)51(62)45-42-39-36-33-30-23-20-17-14-11-8-5-2/h41,44,49-52,54-56,58,60-62,64-65H,4-40,42-43,45-48H2,1-3H3,(H,59,66)/b44-41+. The van der Waals surface area contributed by atoms with Crippen molar-refractivity contribution in [2.24, 2.45) is 0 Å². The smallest absolute Gasteiger partial charge is 0.306 e. The lowest BCUT2D eigenvalue weighted by molar-refractivity contribution is -0.305. The van der Waals surface area contributed by atoms with Crippen molar-refractivity contribution in [3.8, 4) is 0 Å². The zero-order valence-corrected chi connectivity index (χ0v) is 45.0. The molecular formula is C58H111NO10. The molecule has 8 unspecified atom stereocenters. The summed E-state index contributed by atoms with van der Waals surface area (Å²) in [5.74, 6) is -1.18. The van der Waals surface area contributed by atoms with Crippen LogP contribution in [0.25, 0.3) is 0 Å². The van der Waals surface area contributed by atoms with Gasteiger partial charge in [0.25, 0.3) is 0 Å². The van der Waals surface area contributed by atoms with Crippen LogP contribution in [0.1, 0.15) is 284 Å². The average Bonchev–Trinajstić information content (AvgIpc) is 3.34. The van der Waals surface area contributed by atoms with Gasteiger partial charge in [0, 0.05) is 6.42 Å². The lowest BCUT2D eigenvalue weighted by Gasteiger charge is -2.41. The average molecular weight is 983 g/mol. The van der Waals surface area contributed by atoms with Gasteiger partial charge in [-0.2, -0.15) is 0 Å². The molecule has 0 aromatic rings. The summed E-state index contributed by atoms with van der Waals surface area (Å²) in [6.07, 6.45) is 41.1. The number of carbonyl (C=O) groups excluding carboxylic acids is 2. The molecule has 1 saturated heterocycles. The Bertz CT molecular complexity index is 1170. The lowest BCUT2D eigenvalue weighted by Crippen LogP contribution is -2.61. The van der Waals surface area contributed by atoms with Crippen molar-refractivity contribution in [1.82, 2.24) is 5.32 Å². The van der Waals surface area contributed by atoms with Crippen LogP contribution in [0.4, 0.5) is 0 Å². The van der Waals surface area contributed by atoms with Crippen molar-refractivity contribution >= 4 is 11.9 Å². The lowest BCUT2D eigenvalue weighted by atomic mass is 9.99. The quantitative estimate of drug-likeness (QED) is 0.0195. The first kappa shape index (κ1) is 65.4. The van der Waals surface area contributed by atoms with Gasteiger partial charge in [-0.15, -0.1) is 0 Å². The van der Waals surface area contributed by atoms with Gasteiger partial charge in [-0.25, -0.2) is 0 Å². The van der Waals surface area contributed by atoms with Crippen LogP contribution in [-0.4, -0.2) is 99.6 Å². The first-order valence-electron chi connectivity index (χ1n) is 29.5. The highest BCUT2D eigenvalue weighted by atomic mass is 16.7. The minimum atomic E-state index is -1.60. The van der Waals surface area contributed by atoms with E-state index in [-0.39, 0.29) is 13.0 Å². The Kier molecular flexibility index (Phi) is 44.9. The maximum Gasteiger partial charge on any atom is 0.306 e. The summed E-state index contributed by atoms with van der Waals surface area (Å²) in [6, 6.07) is -1.01. The van der Waals surface area contributed by atoms with E-state index >= 15 is 0 Å². The Balaban J connectivity index is 2.68. The number of nitrogens with one attached hydrogen (secondary N) is 1. The first-order valence-corrected chi connectivity index (χ1v) is 29.5. The molecule has 69 heavy (non-hydrogen) atoms. The summed E-state index contributed by atoms with van der Waals surface area (Å²) < 4.78 is 17.6. The highest BCUT2D eigenvalue weighted by Crippen LogP contribution is 2.26. The highest BCUT2D eigenvalue weighted by Gasteiger charge is 2.47. The van der Waals surface area contributed by atoms with Gasteiger partial charge in [0.2, 0.25) is 5.91 Å². The molecule has 1 rings (SSSR count). The fraction of sp³-hybridized carbons (Fsp3) is 0.931. The second-order valence-corrected chi connectivity index (χ2v) is 20.7. The van der Waals surface area contributed by atoms with Crippen molar-refractivity contribution in [3.05, 3.63) is 12.2 Å². The molecule has 0 bridgehead atoms. The van der Waals surface area contributed by atoms with E-state index < -0.39 is 67.4 Å². The third kappa shape index (κ3) is 36.1. The molecule has 11 heteroatoms. The summed E-state index contributed by atoms with van der Waals surface area (Å²) in [4.78, 5) is 26.4. The molecule has 0 aromatic heterocycles. The molecule has 0 aliphatic carbocycles. The Hall–Kier alpha value is -1.60. The third-order valence-corrected chi connectivity index (χ3v) is 14.2. The van der Waals surface area contributed by atoms with Gasteiger partial charge in [-0.3, -0.25) is 9.59 Å². The van der Waals surface area contributed by atoms with Crippen LogP contribution in [0, 0.1) is 0 Å². The molecule has 0 radical (unpaired) electrons. The van der Waals surface area contributed by atoms with E-state index in [0.717, 1.165) is 57.8 Å². The number of carbonyl (C=O) groups is 2. The van der Waals surface area contributed by atoms with Crippen molar-refractivity contribution in [2.45, 2.75) is 333 Å². The third-order valence-electron chi connectivity index (χ3n) is 14.2. The van der Waals surface area contributed by atoms with Crippen molar-refractivity contribution in [2.75, 3.05) is 13.2 Å². The summed E-state index contributed by atoms with van der Waals surface area (Å²) >= 11 is 0. The van der Waals surface area contributed by atoms with Crippen LogP contribution in [-0.2, 0) is 23.8 Å². The van der Waals surface area contributed by atoms with Gasteiger partial charge >= 0.3 is 5.97 Å². The fourth-order valence-electron chi connectivity index (χ4n) is 9.48. The Morgan fingerprint density at radius 2 is 0.942 bits per heavy atom. The summed E-state index contributed by atoms with van der Waals surface area (Å²) in [6.45, 7) is 5.79. The molecule has 0 spiro atoms. The number of ether oxygens (including phenoxy) is 3. The number of allylic oxidation sites excluding steroid dienone is 1. The number of amides is 1. The van der Waals surface area contributed by atoms with Gasteiger partial charge in [0.15, 0.2) is 12.4 Å². The number of rotatable bonds is 50. The van der Waals surface area contributed by atoms with E-state index in [1.54, 1.807) is 6.08 Å². The maximum atomic E-state index is 13.3. The molecule has 408 valence electrons. The van der Waals surface area contributed by atoms with E-state index in [2.05, 4.69) is 26.1 Å². The summed E-state index contributed by atoms with van der Waals surface area (Å²) in [5, 5.41) is 56.8. The number of esters is 1. The highest BCUT2D eigenvalue weighted by molar-refractivity contribution is 5.80. The maximum absolute atomic E-state index is 13.3. The van der Waals surface area contributed by atoms with E-state index in [1.807, 2.05) is 6.08 Å². The van der Waals surface area contributed by atoms with Crippen LogP contribution in [0.3, 0.4) is 0 Å². The molecule has 11 nitrogen and oxygen atoms in total. The van der Waals surface area contributed by atoms with Crippen molar-refractivity contribution < 1.29 is 49.3 Å². The molecule has 1 aliphatic rings. The Morgan fingerprint density at radius 1 is 0.551 bits per heavy atom. The van der Waals surface area contributed by atoms with E-state index in [9.17, 15) is 35.1 Å². The van der Waals surface area contributed by atoms with Crippen LogP contribution in [0.2, 0.25) is 0 Å². The normalized spacial score (nSPS) is 19.8. The zero-order valence-electron chi connectivity index (χ0n) is 45.0. The first-order chi connectivity index (χ1) is 33.7. The predicted molar refractivity (Wildman–Crippen MR) is 283 cm³/mol. The van der Waals surface area contributed by atoms with Gasteiger partial charge in [0.05, 0.1) is 25.4 Å². The minimum absolute atomic E-state index is 0.131. The number of unbranched alkanes of at least 4 members (excludes halogenated alkanes) is 36. The topological polar surface area (TPSA) is 175 Å². The largest absolute Gasteiger partial charge is 0.454 e. The van der Waals surface area contributed by atoms with Gasteiger partial charge in [-0.1, -0.05) is 264 Å². The molecule has 1 fully saturated rings. The van der Waals surface area contributed by atoms with E-state index in [1.165, 1.54) is 180 Å². The summed E-state index contributed by atoms with van der Waals surface area (Å²) in [7, 11) is 0. The number of aliphatic hydroxyl groups excluding tert-OH is 5. The van der Waals surface area contributed by atoms with Crippen LogP contribution >= 0.6 is 0 Å². The summed E-state index contributed by atoms with van der Waals surface area (Å²) in [5.41, 5.74) is 0. The molecular weight excluding hydrogens is 871 g/mol. The molecule has 1 amide bonds. The van der Waals surface area contributed by atoms with Gasteiger partial charge in [-0.05, 0) is 25.7 Å².